The van der Waals surface area contributed by atoms with Gasteiger partial charge in [-0.05, 0) is 25.1 Å². The first-order chi connectivity index (χ1) is 10.8. The number of hydrogen-bond donors (Lipinski definition) is 1. The first kappa shape index (κ1) is 19.6. The van der Waals surface area contributed by atoms with Crippen LogP contribution in [0, 0.1) is 0 Å². The van der Waals surface area contributed by atoms with Gasteiger partial charge >= 0.3 is 0 Å². The smallest absolute Gasteiger partial charge is 0.166 e. The molecule has 2 aromatic carbocycles. The molecule has 0 aliphatic rings. The topological polar surface area (TPSA) is 30.5 Å². The number of ether oxygens (including phenoxy) is 2. The van der Waals surface area contributed by atoms with Crippen LogP contribution in [-0.4, -0.2) is 13.7 Å². The molecule has 3 nitrogen and oxygen atoms in total. The van der Waals surface area contributed by atoms with Gasteiger partial charge in [-0.2, -0.15) is 0 Å². The number of para-hydroxylation sites is 1. The summed E-state index contributed by atoms with van der Waals surface area (Å²) in [6.07, 6.45) is 1.10. The Morgan fingerprint density at radius 3 is 2.48 bits per heavy atom. The van der Waals surface area contributed by atoms with E-state index in [1.165, 1.54) is 0 Å². The third-order valence-electron chi connectivity index (χ3n) is 3.35. The van der Waals surface area contributed by atoms with Crippen LogP contribution >= 0.6 is 24.0 Å². The van der Waals surface area contributed by atoms with Crippen LogP contribution < -0.4 is 14.8 Å². The van der Waals surface area contributed by atoms with Crippen molar-refractivity contribution in [2.75, 3.05) is 13.7 Å². The fourth-order valence-corrected chi connectivity index (χ4v) is 2.38. The first-order valence-corrected chi connectivity index (χ1v) is 7.86. The maximum absolute atomic E-state index is 6.18. The largest absolute Gasteiger partial charge is 0.493 e. The highest BCUT2D eigenvalue weighted by Gasteiger charge is 2.11. The molecule has 0 saturated carbocycles. The molecule has 0 heterocycles. The van der Waals surface area contributed by atoms with Gasteiger partial charge in [0.1, 0.15) is 6.61 Å². The van der Waals surface area contributed by atoms with E-state index >= 15 is 0 Å². The Kier molecular flexibility index (Phi) is 8.85. The Hall–Kier alpha value is -1.42. The van der Waals surface area contributed by atoms with Crippen LogP contribution in [0.1, 0.15) is 24.5 Å². The molecule has 0 saturated heterocycles. The van der Waals surface area contributed by atoms with Gasteiger partial charge in [-0.25, -0.2) is 0 Å². The highest BCUT2D eigenvalue weighted by atomic mass is 35.5. The molecule has 0 amide bonds. The molecule has 0 radical (unpaired) electrons. The molecule has 0 spiro atoms. The summed E-state index contributed by atoms with van der Waals surface area (Å²) < 4.78 is 11.4. The summed E-state index contributed by atoms with van der Waals surface area (Å²) in [4.78, 5) is 0. The monoisotopic (exact) mass is 355 g/mol. The lowest BCUT2D eigenvalue weighted by atomic mass is 10.1. The van der Waals surface area contributed by atoms with Gasteiger partial charge in [-0.1, -0.05) is 48.9 Å². The van der Waals surface area contributed by atoms with Gasteiger partial charge < -0.3 is 14.8 Å². The summed E-state index contributed by atoms with van der Waals surface area (Å²) in [6.45, 7) is 4.29. The second kappa shape index (κ2) is 10.4. The minimum Gasteiger partial charge on any atom is -0.493 e. The molecular formula is C18H23Cl2NO2. The van der Waals surface area contributed by atoms with Crippen LogP contribution in [-0.2, 0) is 13.2 Å². The Balaban J connectivity index is 0.00000264. The highest BCUT2D eigenvalue weighted by Crippen LogP contribution is 2.32. The molecule has 1 N–H and O–H groups in total. The number of benzene rings is 2. The summed E-state index contributed by atoms with van der Waals surface area (Å²) in [5.74, 6) is 1.51. The van der Waals surface area contributed by atoms with E-state index in [9.17, 15) is 0 Å². The summed E-state index contributed by atoms with van der Waals surface area (Å²) in [7, 11) is 1.65. The molecule has 126 valence electrons. The highest BCUT2D eigenvalue weighted by molar-refractivity contribution is 6.31. The molecule has 2 rings (SSSR count). The molecule has 0 bridgehead atoms. The first-order valence-electron chi connectivity index (χ1n) is 7.49. The van der Waals surface area contributed by atoms with Crippen molar-refractivity contribution in [2.24, 2.45) is 0 Å². The summed E-state index contributed by atoms with van der Waals surface area (Å²) in [6, 6.07) is 13.6. The molecule has 0 atom stereocenters. The van der Waals surface area contributed by atoms with Gasteiger partial charge in [-0.15, -0.1) is 12.4 Å². The van der Waals surface area contributed by atoms with Crippen LogP contribution in [0.3, 0.4) is 0 Å². The third-order valence-corrected chi connectivity index (χ3v) is 3.72. The van der Waals surface area contributed by atoms with Gasteiger partial charge in [0.25, 0.3) is 0 Å². The van der Waals surface area contributed by atoms with E-state index in [1.54, 1.807) is 7.11 Å². The maximum atomic E-state index is 6.18. The molecule has 0 aromatic heterocycles. The zero-order valence-electron chi connectivity index (χ0n) is 13.5. The number of methoxy groups -OCH3 is 1. The summed E-state index contributed by atoms with van der Waals surface area (Å²) >= 11 is 6.18. The molecule has 0 fully saturated rings. The van der Waals surface area contributed by atoms with E-state index in [0.717, 1.165) is 42.1 Å². The Morgan fingerprint density at radius 2 is 1.78 bits per heavy atom. The SMILES string of the molecule is CCCNCc1cccc(OC)c1OCc1ccccc1Cl.Cl. The van der Waals surface area contributed by atoms with E-state index < -0.39 is 0 Å². The Bertz CT molecular complexity index is 605. The van der Waals surface area contributed by atoms with Crippen molar-refractivity contribution in [3.8, 4) is 11.5 Å². The van der Waals surface area contributed by atoms with Gasteiger partial charge in [0.05, 0.1) is 7.11 Å². The fourth-order valence-electron chi connectivity index (χ4n) is 2.19. The third kappa shape index (κ3) is 5.61. The number of nitrogens with one attached hydrogen (secondary N) is 1. The van der Waals surface area contributed by atoms with Crippen LogP contribution in [0.25, 0.3) is 0 Å². The second-order valence-corrected chi connectivity index (χ2v) is 5.41. The van der Waals surface area contributed by atoms with Crippen molar-refractivity contribution < 1.29 is 9.47 Å². The van der Waals surface area contributed by atoms with Crippen LogP contribution in [0.15, 0.2) is 42.5 Å². The van der Waals surface area contributed by atoms with E-state index in [1.807, 2.05) is 42.5 Å². The summed E-state index contributed by atoms with van der Waals surface area (Å²) in [5.41, 5.74) is 2.04. The molecule has 5 heteroatoms. The van der Waals surface area contributed by atoms with E-state index in [2.05, 4.69) is 12.2 Å². The lowest BCUT2D eigenvalue weighted by Gasteiger charge is -2.16. The molecular weight excluding hydrogens is 333 g/mol. The normalized spacial score (nSPS) is 10.0. The minimum atomic E-state index is 0. The molecule has 0 aliphatic heterocycles. The summed E-state index contributed by atoms with van der Waals surface area (Å²) in [5, 5.41) is 4.10. The molecule has 0 unspecified atom stereocenters. The van der Waals surface area contributed by atoms with Crippen molar-refractivity contribution in [2.45, 2.75) is 26.5 Å². The quantitative estimate of drug-likeness (QED) is 0.686. The van der Waals surface area contributed by atoms with Crippen molar-refractivity contribution >= 4 is 24.0 Å². The Labute approximate surface area is 149 Å². The molecule has 2 aromatic rings. The number of halogens is 2. The average molecular weight is 356 g/mol. The van der Waals surface area contributed by atoms with Crippen LogP contribution in [0.2, 0.25) is 5.02 Å². The average Bonchev–Trinajstić information content (AvgIpc) is 2.55. The minimum absolute atomic E-state index is 0. The molecule has 0 aliphatic carbocycles. The molecule has 23 heavy (non-hydrogen) atoms. The van der Waals surface area contributed by atoms with Crippen molar-refractivity contribution in [3.05, 3.63) is 58.6 Å². The lowest BCUT2D eigenvalue weighted by molar-refractivity contribution is 0.280. The van der Waals surface area contributed by atoms with Crippen molar-refractivity contribution in [3.63, 3.8) is 0 Å². The van der Waals surface area contributed by atoms with Gasteiger partial charge in [-0.3, -0.25) is 0 Å². The predicted molar refractivity (Wildman–Crippen MR) is 98.0 cm³/mol. The second-order valence-electron chi connectivity index (χ2n) is 5.01. The zero-order valence-corrected chi connectivity index (χ0v) is 15.0. The van der Waals surface area contributed by atoms with Gasteiger partial charge in [0, 0.05) is 22.7 Å². The van der Waals surface area contributed by atoms with Crippen LogP contribution in [0.5, 0.6) is 11.5 Å². The van der Waals surface area contributed by atoms with E-state index in [0.29, 0.717) is 11.6 Å². The lowest BCUT2D eigenvalue weighted by Crippen LogP contribution is -2.15. The standard InChI is InChI=1S/C18H22ClNO2.ClH/c1-3-11-20-12-14-8-6-10-17(21-2)18(14)22-13-15-7-4-5-9-16(15)19;/h4-10,20H,3,11-13H2,1-2H3;1H. The zero-order chi connectivity index (χ0) is 15.8. The van der Waals surface area contributed by atoms with Gasteiger partial charge in [0.2, 0.25) is 0 Å². The maximum Gasteiger partial charge on any atom is 0.166 e. The van der Waals surface area contributed by atoms with E-state index in [-0.39, 0.29) is 12.4 Å². The Morgan fingerprint density at radius 1 is 1.04 bits per heavy atom. The predicted octanol–water partition coefficient (Wildman–Crippen LogP) is 4.85. The fraction of sp³-hybridized carbons (Fsp3) is 0.333. The van der Waals surface area contributed by atoms with Crippen LogP contribution in [0.4, 0.5) is 0 Å². The van der Waals surface area contributed by atoms with E-state index in [4.69, 9.17) is 21.1 Å². The van der Waals surface area contributed by atoms with Gasteiger partial charge in [0.15, 0.2) is 11.5 Å². The number of rotatable bonds is 8. The van der Waals surface area contributed by atoms with Crippen molar-refractivity contribution in [1.82, 2.24) is 5.32 Å². The number of hydrogen-bond acceptors (Lipinski definition) is 3. The van der Waals surface area contributed by atoms with Crippen molar-refractivity contribution in [1.29, 1.82) is 0 Å².